The van der Waals surface area contributed by atoms with Gasteiger partial charge in [0.25, 0.3) is 0 Å². The number of aliphatic hydroxyl groups is 2. The number of hydrogen-bond donors (Lipinski definition) is 4. The first-order valence-electron chi connectivity index (χ1n) is 6.49. The highest BCUT2D eigenvalue weighted by atomic mass is 16.5. The summed E-state index contributed by atoms with van der Waals surface area (Å²) in [4.78, 5) is 0. The Morgan fingerprint density at radius 1 is 0.818 bits per heavy atom. The number of methoxy groups -OCH3 is 2. The van der Waals surface area contributed by atoms with Gasteiger partial charge in [0, 0.05) is 11.6 Å². The van der Waals surface area contributed by atoms with Crippen molar-refractivity contribution in [1.82, 2.24) is 0 Å². The summed E-state index contributed by atoms with van der Waals surface area (Å²) < 4.78 is 9.72. The number of hydrogen-bond acceptors (Lipinski definition) is 6. The van der Waals surface area contributed by atoms with Gasteiger partial charge in [-0.25, -0.2) is 0 Å². The van der Waals surface area contributed by atoms with E-state index in [2.05, 4.69) is 0 Å². The maximum Gasteiger partial charge on any atom is 0.160 e. The van der Waals surface area contributed by atoms with E-state index in [1.807, 2.05) is 0 Å². The first-order chi connectivity index (χ1) is 10.5. The smallest absolute Gasteiger partial charge is 0.160 e. The highest BCUT2D eigenvalue weighted by Gasteiger charge is 2.01. The van der Waals surface area contributed by atoms with Crippen LogP contribution in [0, 0.1) is 0 Å². The number of phenolic OH excluding ortho intramolecular Hbond substituents is 2. The molecule has 4 N–H and O–H groups in total. The molecule has 0 bridgehead atoms. The summed E-state index contributed by atoms with van der Waals surface area (Å²) in [5.74, 6) is 1.12. The predicted molar refractivity (Wildman–Crippen MR) is 81.2 cm³/mol. The van der Waals surface area contributed by atoms with E-state index in [0.717, 1.165) is 5.56 Å². The van der Waals surface area contributed by atoms with Crippen molar-refractivity contribution in [1.29, 1.82) is 0 Å². The minimum atomic E-state index is -0.0799. The van der Waals surface area contributed by atoms with Crippen LogP contribution in [0.5, 0.6) is 23.0 Å². The summed E-state index contributed by atoms with van der Waals surface area (Å²) in [6.45, 7) is -0.125. The van der Waals surface area contributed by atoms with Crippen molar-refractivity contribution in [2.45, 2.75) is 13.2 Å². The average Bonchev–Trinajstić information content (AvgIpc) is 2.55. The molecule has 0 spiro atoms. The molecular formula is C16H20O6. The van der Waals surface area contributed by atoms with Crippen LogP contribution >= 0.6 is 0 Å². The fourth-order valence-corrected chi connectivity index (χ4v) is 1.68. The zero-order valence-corrected chi connectivity index (χ0v) is 12.5. The number of phenols is 2. The third-order valence-electron chi connectivity index (χ3n) is 2.87. The molecule has 0 saturated carbocycles. The Morgan fingerprint density at radius 2 is 1.50 bits per heavy atom. The van der Waals surface area contributed by atoms with Gasteiger partial charge >= 0.3 is 0 Å². The third-order valence-corrected chi connectivity index (χ3v) is 2.87. The van der Waals surface area contributed by atoms with E-state index in [1.54, 1.807) is 18.2 Å². The number of benzene rings is 2. The van der Waals surface area contributed by atoms with Gasteiger partial charge in [0.15, 0.2) is 11.5 Å². The monoisotopic (exact) mass is 308 g/mol. The second kappa shape index (κ2) is 8.76. The van der Waals surface area contributed by atoms with Crippen LogP contribution in [0.3, 0.4) is 0 Å². The zero-order valence-electron chi connectivity index (χ0n) is 12.5. The number of rotatable bonds is 4. The van der Waals surface area contributed by atoms with Gasteiger partial charge in [-0.15, -0.1) is 0 Å². The van der Waals surface area contributed by atoms with Gasteiger partial charge in [-0.3, -0.25) is 0 Å². The van der Waals surface area contributed by atoms with E-state index in [9.17, 15) is 0 Å². The molecule has 0 saturated heterocycles. The van der Waals surface area contributed by atoms with Gasteiger partial charge < -0.3 is 29.9 Å². The SMILES string of the molecule is COc1cc(CO)ccc1O.COc1cc(O)ccc1CO. The maximum absolute atomic E-state index is 9.12. The van der Waals surface area contributed by atoms with E-state index in [4.69, 9.17) is 29.9 Å². The molecule has 0 atom stereocenters. The number of ether oxygens (including phenoxy) is 2. The first kappa shape index (κ1) is 17.6. The molecule has 6 nitrogen and oxygen atoms in total. The molecule has 120 valence electrons. The maximum atomic E-state index is 9.12. The van der Waals surface area contributed by atoms with Crippen LogP contribution in [0.15, 0.2) is 36.4 Å². The van der Waals surface area contributed by atoms with Crippen molar-refractivity contribution < 1.29 is 29.9 Å². The highest BCUT2D eigenvalue weighted by Crippen LogP contribution is 2.26. The molecule has 2 aromatic rings. The minimum absolute atomic E-state index is 0.0450. The lowest BCUT2D eigenvalue weighted by Gasteiger charge is -2.05. The standard InChI is InChI=1S/2C8H10O3/c1-11-8-4-7(10)3-2-6(8)5-9;1-11-8-4-6(5-9)2-3-7(8)10/h2*2-4,9-10H,5H2,1H3. The normalized spacial score (nSPS) is 9.64. The summed E-state index contributed by atoms with van der Waals surface area (Å²) in [7, 11) is 2.96. The average molecular weight is 308 g/mol. The fraction of sp³-hybridized carbons (Fsp3) is 0.250. The Bertz CT molecular complexity index is 597. The molecule has 0 unspecified atom stereocenters. The lowest BCUT2D eigenvalue weighted by molar-refractivity contribution is 0.273. The van der Waals surface area contributed by atoms with Crippen LogP contribution in [-0.4, -0.2) is 34.6 Å². The Morgan fingerprint density at radius 3 is 2.05 bits per heavy atom. The minimum Gasteiger partial charge on any atom is -0.508 e. The van der Waals surface area contributed by atoms with E-state index < -0.39 is 0 Å². The van der Waals surface area contributed by atoms with E-state index in [-0.39, 0.29) is 24.7 Å². The summed E-state index contributed by atoms with van der Waals surface area (Å²) >= 11 is 0. The Hall–Kier alpha value is -2.44. The number of aromatic hydroxyl groups is 2. The molecule has 0 heterocycles. The molecule has 0 aliphatic carbocycles. The largest absolute Gasteiger partial charge is 0.508 e. The number of aliphatic hydroxyl groups excluding tert-OH is 2. The van der Waals surface area contributed by atoms with E-state index in [0.29, 0.717) is 17.1 Å². The van der Waals surface area contributed by atoms with Crippen molar-refractivity contribution in [2.24, 2.45) is 0 Å². The van der Waals surface area contributed by atoms with Crippen molar-refractivity contribution in [2.75, 3.05) is 14.2 Å². The molecule has 22 heavy (non-hydrogen) atoms. The van der Waals surface area contributed by atoms with Crippen LogP contribution < -0.4 is 9.47 Å². The zero-order chi connectivity index (χ0) is 16.5. The van der Waals surface area contributed by atoms with Crippen molar-refractivity contribution >= 4 is 0 Å². The van der Waals surface area contributed by atoms with Gasteiger partial charge in [-0.1, -0.05) is 6.07 Å². The Balaban J connectivity index is 0.000000220. The third kappa shape index (κ3) is 4.83. The summed E-state index contributed by atoms with van der Waals surface area (Å²) in [6.07, 6.45) is 0. The lowest BCUT2D eigenvalue weighted by Crippen LogP contribution is -1.90. The van der Waals surface area contributed by atoms with Crippen LogP contribution in [0.4, 0.5) is 0 Å². The summed E-state index contributed by atoms with van der Waals surface area (Å²) in [6, 6.07) is 9.31. The van der Waals surface area contributed by atoms with Gasteiger partial charge in [-0.05, 0) is 29.8 Å². The van der Waals surface area contributed by atoms with E-state index >= 15 is 0 Å². The molecule has 0 aliphatic rings. The van der Waals surface area contributed by atoms with Crippen molar-refractivity contribution in [3.63, 3.8) is 0 Å². The van der Waals surface area contributed by atoms with Crippen molar-refractivity contribution in [3.8, 4) is 23.0 Å². The van der Waals surface area contributed by atoms with Crippen LogP contribution in [0.25, 0.3) is 0 Å². The lowest BCUT2D eigenvalue weighted by atomic mass is 10.2. The molecule has 0 fully saturated rings. The van der Waals surface area contributed by atoms with Gasteiger partial charge in [-0.2, -0.15) is 0 Å². The Kier molecular flexibility index (Phi) is 7.01. The summed E-state index contributed by atoms with van der Waals surface area (Å²) in [5, 5.41) is 35.6. The predicted octanol–water partition coefficient (Wildman–Crippen LogP) is 1.79. The Labute approximate surface area is 128 Å². The van der Waals surface area contributed by atoms with Crippen LogP contribution in [0.1, 0.15) is 11.1 Å². The van der Waals surface area contributed by atoms with Crippen molar-refractivity contribution in [3.05, 3.63) is 47.5 Å². The quantitative estimate of drug-likeness (QED) is 0.687. The van der Waals surface area contributed by atoms with Crippen LogP contribution in [0.2, 0.25) is 0 Å². The second-order valence-corrected chi connectivity index (χ2v) is 4.32. The van der Waals surface area contributed by atoms with Gasteiger partial charge in [0.1, 0.15) is 11.5 Å². The summed E-state index contributed by atoms with van der Waals surface area (Å²) in [5.41, 5.74) is 1.39. The first-order valence-corrected chi connectivity index (χ1v) is 6.49. The molecule has 0 aromatic heterocycles. The fourth-order valence-electron chi connectivity index (χ4n) is 1.68. The molecule has 6 heteroatoms. The molecule has 0 radical (unpaired) electrons. The van der Waals surface area contributed by atoms with Gasteiger partial charge in [0.05, 0.1) is 27.4 Å². The molecule has 2 aromatic carbocycles. The van der Waals surface area contributed by atoms with E-state index in [1.165, 1.54) is 32.4 Å². The van der Waals surface area contributed by atoms with Gasteiger partial charge in [0.2, 0.25) is 0 Å². The van der Waals surface area contributed by atoms with Crippen LogP contribution in [-0.2, 0) is 13.2 Å². The topological polar surface area (TPSA) is 99.4 Å². The molecule has 2 rings (SSSR count). The second-order valence-electron chi connectivity index (χ2n) is 4.32. The molecule has 0 aliphatic heterocycles. The molecule has 0 amide bonds. The molecular weight excluding hydrogens is 288 g/mol. The highest BCUT2D eigenvalue weighted by molar-refractivity contribution is 5.41.